The van der Waals surface area contributed by atoms with Crippen LogP contribution in [0.2, 0.25) is 0 Å². The highest BCUT2D eigenvalue weighted by Gasteiger charge is 2.29. The van der Waals surface area contributed by atoms with Gasteiger partial charge in [-0.15, -0.1) is 0 Å². The van der Waals surface area contributed by atoms with Gasteiger partial charge in [0.1, 0.15) is 23.7 Å². The molecular formula is C46H54F2N2O18. The summed E-state index contributed by atoms with van der Waals surface area (Å²) in [5.74, 6) is -5.96. The minimum absolute atomic E-state index is 0.0316. The van der Waals surface area contributed by atoms with Crippen LogP contribution in [0.3, 0.4) is 0 Å². The fourth-order valence-corrected chi connectivity index (χ4v) is 6.80. The average molecular weight is 961 g/mol. The summed E-state index contributed by atoms with van der Waals surface area (Å²) in [4.78, 5) is 76.7. The van der Waals surface area contributed by atoms with Crippen molar-refractivity contribution in [3.63, 3.8) is 0 Å². The van der Waals surface area contributed by atoms with Crippen molar-refractivity contribution in [3.8, 4) is 33.9 Å². The zero-order chi connectivity index (χ0) is 49.0. The van der Waals surface area contributed by atoms with Gasteiger partial charge in [-0.05, 0) is 29.8 Å². The third-order valence-electron chi connectivity index (χ3n) is 10.0. The Bertz CT molecular complexity index is 2360. The number of nitrogens with zero attached hydrogens (tertiary/aromatic N) is 2. The van der Waals surface area contributed by atoms with E-state index in [2.05, 4.69) is 9.47 Å². The maximum absolute atomic E-state index is 16.2. The Morgan fingerprint density at radius 2 is 1.32 bits per heavy atom. The van der Waals surface area contributed by atoms with Gasteiger partial charge in [0.25, 0.3) is 0 Å². The molecule has 0 atom stereocenters. The summed E-state index contributed by atoms with van der Waals surface area (Å²) < 4.78 is 97.1. The molecule has 0 unspecified atom stereocenters. The van der Waals surface area contributed by atoms with E-state index in [1.807, 2.05) is 4.90 Å². The second kappa shape index (κ2) is 26.8. The van der Waals surface area contributed by atoms with E-state index < -0.39 is 73.8 Å². The number of hydrogen-bond acceptors (Lipinski definition) is 20. The number of carbonyl (C=O) groups is 5. The fraction of sp³-hybridized carbons (Fsp3) is 0.478. The normalized spacial score (nSPS) is 13.7. The first-order valence-corrected chi connectivity index (χ1v) is 21.5. The highest BCUT2D eigenvalue weighted by molar-refractivity contribution is 6.03. The number of methoxy groups -OCH3 is 1. The SMILES string of the molecule is COCCN1CCOCCOCCOCCOc2cc(-c3c4cc(F)c(=O)c(CN(CCC(=O)OCOC(C)=O)CCC(=O)OCOC(C)=O)c-4oc4cc(OCOC(C)=O)c(F)cc34)ccc21. The Labute approximate surface area is 389 Å². The fourth-order valence-electron chi connectivity index (χ4n) is 6.80. The zero-order valence-electron chi connectivity index (χ0n) is 38.2. The number of ether oxygens (including phenoxy) is 11. The first-order valence-electron chi connectivity index (χ1n) is 21.5. The van der Waals surface area contributed by atoms with Crippen LogP contribution in [0.1, 0.15) is 39.2 Å². The molecule has 0 N–H and O–H groups in total. The van der Waals surface area contributed by atoms with Gasteiger partial charge in [-0.25, -0.2) is 8.78 Å². The Hall–Kier alpha value is -6.46. The monoisotopic (exact) mass is 960 g/mol. The standard InChI is InChI=1S/C46H54F2N2O18/c1-29(51)62-26-65-40-24-39-33(22-36(40)47)44(32-5-6-38-41(21-32)61-20-19-60-18-17-59-16-15-58-14-12-50(38)11-13-57-4)34-23-37(48)45(56)35(46(34)68-39)25-49(9-7-42(54)66-27-63-30(2)52)10-8-43(55)67-28-64-31(3)53/h5-6,21-24H,7-20,25-28H2,1-4H3. The number of hydrogen-bond donors (Lipinski definition) is 0. The van der Waals surface area contributed by atoms with E-state index >= 15 is 8.78 Å². The molecule has 0 saturated heterocycles. The minimum Gasteiger partial charge on any atom is -0.489 e. The molecule has 2 aromatic carbocycles. The third-order valence-corrected chi connectivity index (χ3v) is 10.0. The van der Waals surface area contributed by atoms with Crippen molar-refractivity contribution in [2.24, 2.45) is 0 Å². The average Bonchev–Trinajstić information content (AvgIpc) is 3.30. The number of rotatable bonds is 19. The molecule has 0 aromatic heterocycles. The number of esters is 5. The second-order valence-corrected chi connectivity index (χ2v) is 14.9. The van der Waals surface area contributed by atoms with Crippen LogP contribution in [0.5, 0.6) is 11.5 Å². The van der Waals surface area contributed by atoms with E-state index in [1.54, 1.807) is 25.3 Å². The molecule has 0 fully saturated rings. The molecule has 0 amide bonds. The van der Waals surface area contributed by atoms with Crippen LogP contribution < -0.4 is 19.8 Å². The molecule has 370 valence electrons. The van der Waals surface area contributed by atoms with E-state index in [0.717, 1.165) is 32.9 Å². The van der Waals surface area contributed by atoms with E-state index in [-0.39, 0.29) is 78.3 Å². The Morgan fingerprint density at radius 1 is 0.721 bits per heavy atom. The summed E-state index contributed by atoms with van der Waals surface area (Å²) in [6.07, 6.45) is -0.694. The second-order valence-electron chi connectivity index (χ2n) is 14.9. The van der Waals surface area contributed by atoms with Crippen molar-refractivity contribution < 1.29 is 89.3 Å². The minimum atomic E-state index is -1.20. The molecule has 0 spiro atoms. The van der Waals surface area contributed by atoms with Crippen molar-refractivity contribution in [2.45, 2.75) is 40.2 Å². The van der Waals surface area contributed by atoms with E-state index in [9.17, 15) is 28.8 Å². The van der Waals surface area contributed by atoms with Crippen LogP contribution in [0.25, 0.3) is 33.4 Å². The topological polar surface area (TPSA) is 224 Å². The summed E-state index contributed by atoms with van der Waals surface area (Å²) in [6.45, 7) is 3.91. The highest BCUT2D eigenvalue weighted by Crippen LogP contribution is 2.45. The lowest BCUT2D eigenvalue weighted by Crippen LogP contribution is -2.32. The molecule has 1 aliphatic carbocycles. The number of carbonyl (C=O) groups excluding carboxylic acids is 5. The van der Waals surface area contributed by atoms with Crippen molar-refractivity contribution in [1.82, 2.24) is 4.90 Å². The van der Waals surface area contributed by atoms with Crippen molar-refractivity contribution >= 4 is 46.5 Å². The largest absolute Gasteiger partial charge is 0.489 e. The van der Waals surface area contributed by atoms with Gasteiger partial charge < -0.3 is 61.4 Å². The number of halogens is 2. The quantitative estimate of drug-likeness (QED) is 0.0551. The summed E-state index contributed by atoms with van der Waals surface area (Å²) >= 11 is 0. The molecule has 20 nitrogen and oxygen atoms in total. The molecular weight excluding hydrogens is 906 g/mol. The molecule has 2 aliphatic heterocycles. The van der Waals surface area contributed by atoms with Crippen molar-refractivity contribution in [3.05, 3.63) is 63.8 Å². The molecule has 68 heavy (non-hydrogen) atoms. The molecule has 0 saturated carbocycles. The van der Waals surface area contributed by atoms with Gasteiger partial charge in [0.05, 0.1) is 70.3 Å². The van der Waals surface area contributed by atoms with Gasteiger partial charge in [0, 0.05) is 83.2 Å². The van der Waals surface area contributed by atoms with Gasteiger partial charge in [0.15, 0.2) is 17.4 Å². The van der Waals surface area contributed by atoms with Crippen LogP contribution >= 0.6 is 0 Å². The van der Waals surface area contributed by atoms with Crippen LogP contribution in [0, 0.1) is 11.6 Å². The maximum atomic E-state index is 16.2. The van der Waals surface area contributed by atoms with E-state index in [0.29, 0.717) is 69.7 Å². The zero-order valence-corrected chi connectivity index (χ0v) is 38.2. The van der Waals surface area contributed by atoms with Gasteiger partial charge in [0.2, 0.25) is 25.8 Å². The van der Waals surface area contributed by atoms with Crippen LogP contribution in [-0.2, 0) is 73.1 Å². The lowest BCUT2D eigenvalue weighted by atomic mass is 9.90. The predicted molar refractivity (Wildman–Crippen MR) is 234 cm³/mol. The molecule has 3 aliphatic rings. The molecule has 0 bridgehead atoms. The van der Waals surface area contributed by atoms with Crippen LogP contribution in [0.4, 0.5) is 14.5 Å². The van der Waals surface area contributed by atoms with Crippen LogP contribution in [0.15, 0.2) is 45.6 Å². The van der Waals surface area contributed by atoms with Crippen LogP contribution in [-0.4, -0.2) is 141 Å². The lowest BCUT2D eigenvalue weighted by Gasteiger charge is -2.28. The Morgan fingerprint density at radius 3 is 1.94 bits per heavy atom. The van der Waals surface area contributed by atoms with E-state index in [4.69, 9.17) is 47.0 Å². The lowest BCUT2D eigenvalue weighted by molar-refractivity contribution is -0.167. The van der Waals surface area contributed by atoms with Gasteiger partial charge in [-0.2, -0.15) is 0 Å². The summed E-state index contributed by atoms with van der Waals surface area (Å²) in [6, 6.07) is 8.45. The number of fused-ring (bicyclic) bond motifs is 3. The smallest absolute Gasteiger partial charge is 0.309 e. The van der Waals surface area contributed by atoms with Gasteiger partial charge in [-0.1, -0.05) is 6.07 Å². The maximum Gasteiger partial charge on any atom is 0.309 e. The summed E-state index contributed by atoms with van der Waals surface area (Å²) in [5, 5.41) is 0.117. The highest BCUT2D eigenvalue weighted by atomic mass is 19.1. The number of benzene rings is 3. The molecule has 2 aromatic rings. The summed E-state index contributed by atoms with van der Waals surface area (Å²) in [5.41, 5.74) is -0.125. The summed E-state index contributed by atoms with van der Waals surface area (Å²) in [7, 11) is 1.58. The number of anilines is 1. The third kappa shape index (κ3) is 15.8. The van der Waals surface area contributed by atoms with Crippen molar-refractivity contribution in [1.29, 1.82) is 0 Å². The molecule has 2 heterocycles. The molecule has 22 heteroatoms. The Kier molecular flexibility index (Phi) is 20.7. The first kappa shape index (κ1) is 52.5. The van der Waals surface area contributed by atoms with Gasteiger partial charge >= 0.3 is 29.8 Å². The molecule has 5 rings (SSSR count). The van der Waals surface area contributed by atoms with E-state index in [1.165, 1.54) is 11.0 Å². The van der Waals surface area contributed by atoms with Crippen molar-refractivity contribution in [2.75, 3.05) is 111 Å². The first-order chi connectivity index (χ1) is 32.7. The Balaban J connectivity index is 1.65. The van der Waals surface area contributed by atoms with Gasteiger partial charge in [-0.3, -0.25) is 33.7 Å². The predicted octanol–water partition coefficient (Wildman–Crippen LogP) is 4.35. The molecule has 0 radical (unpaired) electrons.